The van der Waals surface area contributed by atoms with Crippen molar-refractivity contribution >= 4 is 16.0 Å². The molecule has 1 saturated heterocycles. The predicted molar refractivity (Wildman–Crippen MR) is 72.3 cm³/mol. The number of hydrogen-bond donors (Lipinski definition) is 1. The van der Waals surface area contributed by atoms with Crippen molar-refractivity contribution < 1.29 is 18.3 Å². The Balaban J connectivity index is 2.14. The molecule has 2 fully saturated rings. The number of aliphatic carboxylic acids is 1. The SMILES string of the molecule is CCCC1(C(=O)O)CCN(S(=O)(=O)C2CCCC2)C1. The highest BCUT2D eigenvalue weighted by atomic mass is 32.2. The van der Waals surface area contributed by atoms with Gasteiger partial charge in [0.1, 0.15) is 0 Å². The molecule has 0 amide bonds. The van der Waals surface area contributed by atoms with Crippen molar-refractivity contribution in [2.45, 2.75) is 57.1 Å². The molecule has 1 unspecified atom stereocenters. The number of carbonyl (C=O) groups is 1. The summed E-state index contributed by atoms with van der Waals surface area (Å²) < 4.78 is 26.4. The highest BCUT2D eigenvalue weighted by Gasteiger charge is 2.49. The lowest BCUT2D eigenvalue weighted by Crippen LogP contribution is -2.40. The Morgan fingerprint density at radius 1 is 1.37 bits per heavy atom. The van der Waals surface area contributed by atoms with E-state index in [0.717, 1.165) is 32.1 Å². The number of carboxylic acid groups (broad SMARTS) is 1. The zero-order valence-electron chi connectivity index (χ0n) is 11.5. The van der Waals surface area contributed by atoms with Crippen molar-refractivity contribution in [3.8, 4) is 0 Å². The molecule has 0 bridgehead atoms. The van der Waals surface area contributed by atoms with E-state index in [1.807, 2.05) is 6.92 Å². The van der Waals surface area contributed by atoms with Gasteiger partial charge in [-0.05, 0) is 25.7 Å². The molecule has 0 radical (unpaired) electrons. The lowest BCUT2D eigenvalue weighted by molar-refractivity contribution is -0.148. The molecule has 1 atom stereocenters. The first kappa shape index (κ1) is 14.8. The number of carboxylic acids is 1. The first-order chi connectivity index (χ1) is 8.92. The van der Waals surface area contributed by atoms with Gasteiger partial charge in [-0.3, -0.25) is 4.79 Å². The van der Waals surface area contributed by atoms with Gasteiger partial charge < -0.3 is 5.11 Å². The fourth-order valence-corrected chi connectivity index (χ4v) is 5.54. The molecular weight excluding hydrogens is 266 g/mol. The number of rotatable bonds is 5. The molecule has 2 aliphatic rings. The summed E-state index contributed by atoms with van der Waals surface area (Å²) in [7, 11) is -3.29. The van der Waals surface area contributed by atoms with Crippen molar-refractivity contribution in [1.82, 2.24) is 4.31 Å². The summed E-state index contributed by atoms with van der Waals surface area (Å²) in [5.74, 6) is -0.849. The van der Waals surface area contributed by atoms with E-state index in [1.54, 1.807) is 0 Å². The second-order valence-electron chi connectivity index (χ2n) is 5.87. The van der Waals surface area contributed by atoms with Crippen molar-refractivity contribution in [3.63, 3.8) is 0 Å². The monoisotopic (exact) mass is 289 g/mol. The van der Waals surface area contributed by atoms with Gasteiger partial charge in [0.05, 0.1) is 10.7 Å². The molecule has 0 aromatic carbocycles. The van der Waals surface area contributed by atoms with Crippen LogP contribution >= 0.6 is 0 Å². The third-order valence-electron chi connectivity index (χ3n) is 4.58. The van der Waals surface area contributed by atoms with Crippen LogP contribution in [0.4, 0.5) is 0 Å². The third-order valence-corrected chi connectivity index (χ3v) is 6.93. The minimum absolute atomic E-state index is 0.162. The minimum atomic E-state index is -3.29. The molecule has 6 heteroatoms. The van der Waals surface area contributed by atoms with Crippen molar-refractivity contribution in [2.75, 3.05) is 13.1 Å². The highest BCUT2D eigenvalue weighted by molar-refractivity contribution is 7.89. The van der Waals surface area contributed by atoms with E-state index in [4.69, 9.17) is 0 Å². The highest BCUT2D eigenvalue weighted by Crippen LogP contribution is 2.39. The zero-order valence-corrected chi connectivity index (χ0v) is 12.3. The lowest BCUT2D eigenvalue weighted by atomic mass is 9.83. The average molecular weight is 289 g/mol. The van der Waals surface area contributed by atoms with Gasteiger partial charge in [-0.25, -0.2) is 12.7 Å². The first-order valence-electron chi connectivity index (χ1n) is 7.15. The molecule has 1 aliphatic carbocycles. The van der Waals surface area contributed by atoms with E-state index in [2.05, 4.69) is 0 Å². The molecule has 0 aromatic rings. The number of nitrogens with zero attached hydrogens (tertiary/aromatic N) is 1. The van der Waals surface area contributed by atoms with Crippen LogP contribution in [-0.4, -0.2) is 42.1 Å². The summed E-state index contributed by atoms with van der Waals surface area (Å²) >= 11 is 0. The Bertz CT molecular complexity index is 442. The van der Waals surface area contributed by atoms with Crippen LogP contribution in [0.15, 0.2) is 0 Å². The van der Waals surface area contributed by atoms with Crippen LogP contribution in [0, 0.1) is 5.41 Å². The standard InChI is InChI=1S/C13H23NO4S/c1-2-7-13(12(15)16)8-9-14(10-13)19(17,18)11-5-3-4-6-11/h11H,2-10H2,1H3,(H,15,16). The van der Waals surface area contributed by atoms with Crippen LogP contribution in [0.5, 0.6) is 0 Å². The van der Waals surface area contributed by atoms with Gasteiger partial charge in [0.2, 0.25) is 10.0 Å². The fourth-order valence-electron chi connectivity index (χ4n) is 3.41. The van der Waals surface area contributed by atoms with Gasteiger partial charge >= 0.3 is 5.97 Å². The second kappa shape index (κ2) is 5.40. The van der Waals surface area contributed by atoms with Crippen molar-refractivity contribution in [3.05, 3.63) is 0 Å². The Hall–Kier alpha value is -0.620. The van der Waals surface area contributed by atoms with Gasteiger partial charge in [-0.2, -0.15) is 0 Å². The summed E-state index contributed by atoms with van der Waals surface area (Å²) in [6.45, 7) is 2.47. The second-order valence-corrected chi connectivity index (χ2v) is 8.08. The predicted octanol–water partition coefficient (Wildman–Crippen LogP) is 1.84. The molecule has 0 spiro atoms. The Morgan fingerprint density at radius 2 is 2.00 bits per heavy atom. The number of hydrogen-bond acceptors (Lipinski definition) is 3. The Labute approximate surface area is 115 Å². The topological polar surface area (TPSA) is 74.7 Å². The van der Waals surface area contributed by atoms with Crippen LogP contribution in [0.2, 0.25) is 0 Å². The Morgan fingerprint density at radius 3 is 2.53 bits per heavy atom. The van der Waals surface area contributed by atoms with Gasteiger partial charge in [-0.1, -0.05) is 26.2 Å². The van der Waals surface area contributed by atoms with Crippen LogP contribution < -0.4 is 0 Å². The normalized spacial score (nSPS) is 29.9. The van der Waals surface area contributed by atoms with Crippen LogP contribution in [-0.2, 0) is 14.8 Å². The van der Waals surface area contributed by atoms with E-state index < -0.39 is 21.4 Å². The summed E-state index contributed by atoms with van der Waals surface area (Å²) in [5, 5.41) is 9.14. The maximum Gasteiger partial charge on any atom is 0.311 e. The van der Waals surface area contributed by atoms with E-state index in [0.29, 0.717) is 19.4 Å². The fraction of sp³-hybridized carbons (Fsp3) is 0.923. The quantitative estimate of drug-likeness (QED) is 0.838. The summed E-state index contributed by atoms with van der Waals surface area (Å²) in [5.41, 5.74) is -0.861. The minimum Gasteiger partial charge on any atom is -0.481 e. The molecule has 1 N–H and O–H groups in total. The molecule has 110 valence electrons. The van der Waals surface area contributed by atoms with Crippen LogP contribution in [0.25, 0.3) is 0 Å². The number of sulfonamides is 1. The van der Waals surface area contributed by atoms with Gasteiger partial charge in [0, 0.05) is 13.1 Å². The van der Waals surface area contributed by atoms with Crippen LogP contribution in [0.3, 0.4) is 0 Å². The maximum atomic E-state index is 12.5. The largest absolute Gasteiger partial charge is 0.481 e. The van der Waals surface area contributed by atoms with Gasteiger partial charge in [0.25, 0.3) is 0 Å². The molecular formula is C13H23NO4S. The smallest absolute Gasteiger partial charge is 0.311 e. The summed E-state index contributed by atoms with van der Waals surface area (Å²) in [6, 6.07) is 0. The Kier molecular flexibility index (Phi) is 4.20. The van der Waals surface area contributed by atoms with E-state index in [1.165, 1.54) is 4.31 Å². The molecule has 5 nitrogen and oxygen atoms in total. The van der Waals surface area contributed by atoms with Crippen molar-refractivity contribution in [2.24, 2.45) is 5.41 Å². The molecule has 0 aromatic heterocycles. The van der Waals surface area contributed by atoms with Gasteiger partial charge in [0.15, 0.2) is 0 Å². The van der Waals surface area contributed by atoms with Crippen molar-refractivity contribution in [1.29, 1.82) is 0 Å². The van der Waals surface area contributed by atoms with Crippen LogP contribution in [0.1, 0.15) is 51.9 Å². The first-order valence-corrected chi connectivity index (χ1v) is 8.65. The average Bonchev–Trinajstić information content (AvgIpc) is 2.99. The van der Waals surface area contributed by atoms with E-state index >= 15 is 0 Å². The summed E-state index contributed by atoms with van der Waals surface area (Å²) in [6.07, 6.45) is 5.16. The van der Waals surface area contributed by atoms with E-state index in [-0.39, 0.29) is 11.8 Å². The summed E-state index contributed by atoms with van der Waals surface area (Å²) in [4.78, 5) is 11.5. The lowest BCUT2D eigenvalue weighted by Gasteiger charge is -2.25. The van der Waals surface area contributed by atoms with E-state index in [9.17, 15) is 18.3 Å². The van der Waals surface area contributed by atoms with Gasteiger partial charge in [-0.15, -0.1) is 0 Å². The maximum absolute atomic E-state index is 12.5. The third kappa shape index (κ3) is 2.65. The zero-order chi connectivity index (χ0) is 14.1. The molecule has 19 heavy (non-hydrogen) atoms. The molecule has 1 heterocycles. The molecule has 2 rings (SSSR count). The molecule has 1 aliphatic heterocycles. The molecule has 1 saturated carbocycles.